The van der Waals surface area contributed by atoms with Crippen LogP contribution in [-0.4, -0.2) is 29.4 Å². The second-order valence-corrected chi connectivity index (χ2v) is 5.63. The van der Waals surface area contributed by atoms with E-state index in [0.717, 1.165) is 32.3 Å². The van der Waals surface area contributed by atoms with Crippen molar-refractivity contribution in [2.45, 2.75) is 32.6 Å². The van der Waals surface area contributed by atoms with Crippen molar-refractivity contribution in [2.24, 2.45) is 0 Å². The second-order valence-electron chi connectivity index (χ2n) is 5.63. The van der Waals surface area contributed by atoms with Crippen LogP contribution >= 0.6 is 0 Å². The second kappa shape index (κ2) is 4.72. The number of rotatable bonds is 2. The predicted molar refractivity (Wildman–Crippen MR) is 77.4 cm³/mol. The Hall–Kier alpha value is -1.77. The van der Waals surface area contributed by atoms with Crippen molar-refractivity contribution >= 4 is 17.3 Å². The van der Waals surface area contributed by atoms with E-state index in [4.69, 9.17) is 0 Å². The first-order valence-electron chi connectivity index (χ1n) is 6.97. The van der Waals surface area contributed by atoms with Gasteiger partial charge in [-0.1, -0.05) is 11.6 Å². The predicted octanol–water partition coefficient (Wildman–Crippen LogP) is 3.12. The smallest absolute Gasteiger partial charge is 0.209 e. The van der Waals surface area contributed by atoms with E-state index in [9.17, 15) is 4.79 Å². The molecule has 19 heavy (non-hydrogen) atoms. The van der Waals surface area contributed by atoms with Crippen LogP contribution in [0.4, 0.5) is 0 Å². The Labute approximate surface area is 113 Å². The van der Waals surface area contributed by atoms with Crippen LogP contribution in [0.5, 0.6) is 0 Å². The number of likely N-dealkylation sites (tertiary alicyclic amines) is 1. The highest BCUT2D eigenvalue weighted by atomic mass is 16.1. The number of aryl methyl sites for hydroxylation is 2. The Morgan fingerprint density at radius 1 is 1.26 bits per heavy atom. The summed E-state index contributed by atoms with van der Waals surface area (Å²) >= 11 is 0. The molecule has 3 rings (SSSR count). The zero-order valence-corrected chi connectivity index (χ0v) is 11.6. The molecule has 0 unspecified atom stereocenters. The molecule has 1 fully saturated rings. The summed E-state index contributed by atoms with van der Waals surface area (Å²) in [5.74, 6) is 0.559. The summed E-state index contributed by atoms with van der Waals surface area (Å²) in [4.78, 5) is 16.2. The minimum Gasteiger partial charge on any atom is -0.358 e. The van der Waals surface area contributed by atoms with Gasteiger partial charge < -0.3 is 9.88 Å². The van der Waals surface area contributed by atoms with Crippen LogP contribution in [0.15, 0.2) is 18.2 Å². The zero-order valence-electron chi connectivity index (χ0n) is 11.6. The minimum absolute atomic E-state index is 0.559. The Balaban J connectivity index is 1.93. The normalized spacial score (nSPS) is 17.1. The monoisotopic (exact) mass is 256 g/mol. The van der Waals surface area contributed by atoms with Gasteiger partial charge in [-0.25, -0.2) is 0 Å². The van der Waals surface area contributed by atoms with Gasteiger partial charge in [-0.2, -0.15) is 0 Å². The summed E-state index contributed by atoms with van der Waals surface area (Å²) < 4.78 is 0. The first-order chi connectivity index (χ1) is 9.19. The topological polar surface area (TPSA) is 36.1 Å². The highest BCUT2D eigenvalue weighted by Crippen LogP contribution is 2.33. The summed E-state index contributed by atoms with van der Waals surface area (Å²) in [6, 6.07) is 6.57. The van der Waals surface area contributed by atoms with Gasteiger partial charge in [-0.15, -0.1) is 0 Å². The number of fused-ring (bicyclic) bond motifs is 1. The van der Waals surface area contributed by atoms with Gasteiger partial charge in [0.25, 0.3) is 0 Å². The number of carbonyl (C=O) groups excluding carboxylic acids is 1. The standard InChI is InChI=1S/C16H20N2O/c1-11-3-4-15-14(9-11)12(2)16(17-15)13-5-7-18(10-19)8-6-13/h3-4,9-10,13,17H,5-8H2,1-2H3. The molecule has 1 aliphatic heterocycles. The number of H-pyrrole nitrogens is 1. The van der Waals surface area contributed by atoms with Crippen LogP contribution in [0.25, 0.3) is 10.9 Å². The van der Waals surface area contributed by atoms with Gasteiger partial charge in [-0.3, -0.25) is 4.79 Å². The molecule has 1 aromatic heterocycles. The van der Waals surface area contributed by atoms with Crippen molar-refractivity contribution < 1.29 is 4.79 Å². The van der Waals surface area contributed by atoms with Gasteiger partial charge in [0.2, 0.25) is 6.41 Å². The fraction of sp³-hybridized carbons (Fsp3) is 0.438. The molecule has 0 bridgehead atoms. The molecule has 3 nitrogen and oxygen atoms in total. The molecule has 0 spiro atoms. The summed E-state index contributed by atoms with van der Waals surface area (Å²) in [5.41, 5.74) is 5.28. The third-order valence-electron chi connectivity index (χ3n) is 4.34. The number of aromatic amines is 1. The van der Waals surface area contributed by atoms with E-state index in [0.29, 0.717) is 5.92 Å². The van der Waals surface area contributed by atoms with Crippen molar-refractivity contribution in [3.8, 4) is 0 Å². The summed E-state index contributed by atoms with van der Waals surface area (Å²) in [7, 11) is 0. The van der Waals surface area contributed by atoms with Gasteiger partial charge >= 0.3 is 0 Å². The summed E-state index contributed by atoms with van der Waals surface area (Å²) in [5, 5.41) is 1.34. The average Bonchev–Trinajstić information content (AvgIpc) is 2.76. The molecule has 100 valence electrons. The van der Waals surface area contributed by atoms with E-state index in [1.54, 1.807) is 0 Å². The molecule has 2 heterocycles. The summed E-state index contributed by atoms with van der Waals surface area (Å²) in [6.45, 7) is 6.10. The maximum atomic E-state index is 10.8. The molecule has 1 aromatic carbocycles. The molecule has 2 aromatic rings. The van der Waals surface area contributed by atoms with E-state index >= 15 is 0 Å². The Morgan fingerprint density at radius 2 is 2.00 bits per heavy atom. The lowest BCUT2D eigenvalue weighted by molar-refractivity contribution is -0.119. The van der Waals surface area contributed by atoms with Crippen LogP contribution in [0.2, 0.25) is 0 Å². The average molecular weight is 256 g/mol. The minimum atomic E-state index is 0.559. The number of carbonyl (C=O) groups is 1. The first-order valence-corrected chi connectivity index (χ1v) is 6.97. The lowest BCUT2D eigenvalue weighted by Crippen LogP contribution is -2.31. The maximum Gasteiger partial charge on any atom is 0.209 e. The van der Waals surface area contributed by atoms with Crippen molar-refractivity contribution in [1.82, 2.24) is 9.88 Å². The van der Waals surface area contributed by atoms with Gasteiger partial charge in [0, 0.05) is 35.6 Å². The quantitative estimate of drug-likeness (QED) is 0.823. The maximum absolute atomic E-state index is 10.8. The van der Waals surface area contributed by atoms with E-state index in [1.807, 2.05) is 4.90 Å². The van der Waals surface area contributed by atoms with Gasteiger partial charge in [0.15, 0.2) is 0 Å². The van der Waals surface area contributed by atoms with Crippen molar-refractivity contribution in [2.75, 3.05) is 13.1 Å². The third kappa shape index (κ3) is 2.14. The molecule has 0 atom stereocenters. The number of nitrogens with one attached hydrogen (secondary N) is 1. The molecule has 1 amide bonds. The van der Waals surface area contributed by atoms with Crippen LogP contribution in [0.1, 0.15) is 35.6 Å². The van der Waals surface area contributed by atoms with Crippen LogP contribution < -0.4 is 0 Å². The van der Waals surface area contributed by atoms with E-state index < -0.39 is 0 Å². The molecule has 1 N–H and O–H groups in total. The number of nitrogens with zero attached hydrogens (tertiary/aromatic N) is 1. The SMILES string of the molecule is Cc1ccc2[nH]c(C3CCN(C=O)CC3)c(C)c2c1. The number of benzene rings is 1. The molecular weight excluding hydrogens is 236 g/mol. The Kier molecular flexibility index (Phi) is 3.05. The molecule has 0 aliphatic carbocycles. The number of piperidine rings is 1. The molecule has 0 saturated carbocycles. The van der Waals surface area contributed by atoms with E-state index in [1.165, 1.54) is 27.7 Å². The lowest BCUT2D eigenvalue weighted by Gasteiger charge is -2.29. The molecule has 3 heteroatoms. The zero-order chi connectivity index (χ0) is 13.4. The molecule has 1 saturated heterocycles. The lowest BCUT2D eigenvalue weighted by atomic mass is 9.91. The highest BCUT2D eigenvalue weighted by molar-refractivity contribution is 5.85. The largest absolute Gasteiger partial charge is 0.358 e. The third-order valence-corrected chi connectivity index (χ3v) is 4.34. The summed E-state index contributed by atoms with van der Waals surface area (Å²) in [6.07, 6.45) is 3.09. The number of amides is 1. The molecule has 0 radical (unpaired) electrons. The van der Waals surface area contributed by atoms with Crippen LogP contribution in [0, 0.1) is 13.8 Å². The first kappa shape index (κ1) is 12.3. The fourth-order valence-corrected chi connectivity index (χ4v) is 3.16. The van der Waals surface area contributed by atoms with Crippen LogP contribution in [-0.2, 0) is 4.79 Å². The van der Waals surface area contributed by atoms with E-state index in [-0.39, 0.29) is 0 Å². The Morgan fingerprint density at radius 3 is 2.68 bits per heavy atom. The van der Waals surface area contributed by atoms with Crippen molar-refractivity contribution in [1.29, 1.82) is 0 Å². The van der Waals surface area contributed by atoms with Crippen molar-refractivity contribution in [3.63, 3.8) is 0 Å². The molecular formula is C16H20N2O. The van der Waals surface area contributed by atoms with E-state index in [2.05, 4.69) is 37.0 Å². The molecule has 1 aliphatic rings. The van der Waals surface area contributed by atoms with Gasteiger partial charge in [0.05, 0.1) is 0 Å². The van der Waals surface area contributed by atoms with Gasteiger partial charge in [0.1, 0.15) is 0 Å². The number of aromatic nitrogens is 1. The number of hydrogen-bond donors (Lipinski definition) is 1. The van der Waals surface area contributed by atoms with Crippen molar-refractivity contribution in [3.05, 3.63) is 35.0 Å². The Bertz CT molecular complexity index is 606. The van der Waals surface area contributed by atoms with Crippen LogP contribution in [0.3, 0.4) is 0 Å². The number of hydrogen-bond acceptors (Lipinski definition) is 1. The highest BCUT2D eigenvalue weighted by Gasteiger charge is 2.23. The fourth-order valence-electron chi connectivity index (χ4n) is 3.16. The van der Waals surface area contributed by atoms with Gasteiger partial charge in [-0.05, 0) is 44.4 Å².